The lowest BCUT2D eigenvalue weighted by Gasteiger charge is -2.13. The molecule has 0 unspecified atom stereocenters. The Kier molecular flexibility index (Phi) is 5.54. The van der Waals surface area contributed by atoms with E-state index in [1.807, 2.05) is 30.3 Å². The number of sulfonamides is 1. The smallest absolute Gasteiger partial charge is 0.252 e. The number of rotatable bonds is 6. The molecule has 28 heavy (non-hydrogen) atoms. The molecule has 0 bridgehead atoms. The van der Waals surface area contributed by atoms with E-state index < -0.39 is 10.0 Å². The average molecular weight is 435 g/mol. The largest absolute Gasteiger partial charge is 0.300 e. The van der Waals surface area contributed by atoms with E-state index >= 15 is 0 Å². The first-order chi connectivity index (χ1) is 13.5. The van der Waals surface area contributed by atoms with Gasteiger partial charge in [-0.3, -0.25) is 4.79 Å². The predicted molar refractivity (Wildman–Crippen MR) is 110 cm³/mol. The fourth-order valence-electron chi connectivity index (χ4n) is 2.94. The lowest BCUT2D eigenvalue weighted by molar-refractivity contribution is -0.115. The maximum atomic E-state index is 12.6. The van der Waals surface area contributed by atoms with E-state index in [0.29, 0.717) is 27.3 Å². The standard InChI is InChI=1S/C18H18N4O3S3/c23-15(19-18-21-20-17(27-18)13-6-2-1-3-7-13)12-14-8-9-16(26-14)28(24,25)22-10-4-5-11-22/h1-3,6-9H,4-5,10-12H2,(H,19,21,23). The highest BCUT2D eigenvalue weighted by molar-refractivity contribution is 7.91. The van der Waals surface area contributed by atoms with E-state index in [-0.39, 0.29) is 12.3 Å². The molecule has 10 heteroatoms. The summed E-state index contributed by atoms with van der Waals surface area (Å²) in [6.45, 7) is 1.13. The van der Waals surface area contributed by atoms with Crippen LogP contribution in [0.3, 0.4) is 0 Å². The van der Waals surface area contributed by atoms with Crippen LogP contribution < -0.4 is 5.32 Å². The van der Waals surface area contributed by atoms with Gasteiger partial charge >= 0.3 is 0 Å². The lowest BCUT2D eigenvalue weighted by Crippen LogP contribution is -2.27. The molecule has 0 spiro atoms. The number of hydrogen-bond acceptors (Lipinski definition) is 7. The summed E-state index contributed by atoms with van der Waals surface area (Å²) in [4.78, 5) is 13.0. The Morgan fingerprint density at radius 3 is 2.54 bits per heavy atom. The van der Waals surface area contributed by atoms with Crippen molar-refractivity contribution in [2.45, 2.75) is 23.5 Å². The maximum absolute atomic E-state index is 12.6. The van der Waals surface area contributed by atoms with Crippen molar-refractivity contribution >= 4 is 43.7 Å². The zero-order valence-corrected chi connectivity index (χ0v) is 17.3. The second-order valence-corrected chi connectivity index (χ2v) is 10.6. The highest BCUT2D eigenvalue weighted by Gasteiger charge is 2.28. The van der Waals surface area contributed by atoms with Gasteiger partial charge in [0, 0.05) is 23.5 Å². The van der Waals surface area contributed by atoms with Crippen molar-refractivity contribution in [1.29, 1.82) is 0 Å². The van der Waals surface area contributed by atoms with Gasteiger partial charge in [-0.15, -0.1) is 21.5 Å². The molecule has 1 aliphatic heterocycles. The van der Waals surface area contributed by atoms with Crippen molar-refractivity contribution in [3.05, 3.63) is 47.3 Å². The van der Waals surface area contributed by atoms with Crippen molar-refractivity contribution in [1.82, 2.24) is 14.5 Å². The van der Waals surface area contributed by atoms with Gasteiger partial charge in [0.15, 0.2) is 0 Å². The number of anilines is 1. The normalized spacial score (nSPS) is 15.0. The number of hydrogen-bond donors (Lipinski definition) is 1. The fourth-order valence-corrected chi connectivity index (χ4v) is 6.73. The summed E-state index contributed by atoms with van der Waals surface area (Å²) in [5.41, 5.74) is 0.940. The molecule has 1 amide bonds. The van der Waals surface area contributed by atoms with Crippen LogP contribution in [0.5, 0.6) is 0 Å². The Hall–Kier alpha value is -2.14. The molecule has 0 radical (unpaired) electrons. The van der Waals surface area contributed by atoms with Gasteiger partial charge in [-0.25, -0.2) is 8.42 Å². The van der Waals surface area contributed by atoms with Crippen LogP contribution >= 0.6 is 22.7 Å². The summed E-state index contributed by atoms with van der Waals surface area (Å²) in [7, 11) is -3.44. The van der Waals surface area contributed by atoms with Crippen molar-refractivity contribution in [2.75, 3.05) is 18.4 Å². The van der Waals surface area contributed by atoms with Crippen LogP contribution in [0.1, 0.15) is 17.7 Å². The quantitative estimate of drug-likeness (QED) is 0.643. The van der Waals surface area contributed by atoms with Crippen molar-refractivity contribution in [2.24, 2.45) is 0 Å². The number of aromatic nitrogens is 2. The molecule has 1 aromatic carbocycles. The zero-order valence-electron chi connectivity index (χ0n) is 14.9. The topological polar surface area (TPSA) is 92.3 Å². The van der Waals surface area contributed by atoms with Crippen LogP contribution in [0, 0.1) is 0 Å². The predicted octanol–water partition coefficient (Wildman–Crippen LogP) is 3.23. The first-order valence-electron chi connectivity index (χ1n) is 8.80. The van der Waals surface area contributed by atoms with Crippen LogP contribution in [0.15, 0.2) is 46.7 Å². The molecule has 0 saturated carbocycles. The number of benzene rings is 1. The van der Waals surface area contributed by atoms with E-state index in [0.717, 1.165) is 34.7 Å². The van der Waals surface area contributed by atoms with Gasteiger partial charge in [0.05, 0.1) is 6.42 Å². The fraction of sp³-hybridized carbons (Fsp3) is 0.278. The van der Waals surface area contributed by atoms with Crippen LogP contribution in [0.4, 0.5) is 5.13 Å². The molecule has 1 N–H and O–H groups in total. The second kappa shape index (κ2) is 8.08. The number of carbonyl (C=O) groups is 1. The molecule has 4 rings (SSSR count). The third-order valence-electron chi connectivity index (χ3n) is 4.32. The van der Waals surface area contributed by atoms with E-state index in [4.69, 9.17) is 0 Å². The third-order valence-corrected chi connectivity index (χ3v) is 8.66. The number of amides is 1. The van der Waals surface area contributed by atoms with Gasteiger partial charge in [-0.2, -0.15) is 4.31 Å². The first kappa shape index (κ1) is 19.2. The summed E-state index contributed by atoms with van der Waals surface area (Å²) in [5.74, 6) is -0.247. The molecule has 1 fully saturated rings. The minimum atomic E-state index is -3.44. The SMILES string of the molecule is O=C(Cc1ccc(S(=O)(=O)N2CCCC2)s1)Nc1nnc(-c2ccccc2)s1. The third kappa shape index (κ3) is 4.14. The van der Waals surface area contributed by atoms with E-state index in [9.17, 15) is 13.2 Å². The molecular formula is C18H18N4O3S3. The monoisotopic (exact) mass is 434 g/mol. The molecule has 1 saturated heterocycles. The summed E-state index contributed by atoms with van der Waals surface area (Å²) in [5, 5.41) is 12.0. The average Bonchev–Trinajstić information content (AvgIpc) is 3.44. The molecule has 0 aliphatic carbocycles. The van der Waals surface area contributed by atoms with Crippen LogP contribution in [-0.2, 0) is 21.2 Å². The van der Waals surface area contributed by atoms with Crippen molar-refractivity contribution < 1.29 is 13.2 Å². The molecular weight excluding hydrogens is 416 g/mol. The maximum Gasteiger partial charge on any atom is 0.252 e. The molecule has 1 aliphatic rings. The molecule has 3 aromatic rings. The van der Waals surface area contributed by atoms with Gasteiger partial charge in [-0.1, -0.05) is 41.7 Å². The summed E-state index contributed by atoms with van der Waals surface area (Å²) in [6, 6.07) is 12.9. The van der Waals surface area contributed by atoms with Crippen molar-refractivity contribution in [3.63, 3.8) is 0 Å². The molecule has 0 atom stereocenters. The van der Waals surface area contributed by atoms with Crippen molar-refractivity contribution in [3.8, 4) is 10.6 Å². The van der Waals surface area contributed by atoms with Gasteiger partial charge in [0.2, 0.25) is 11.0 Å². The second-order valence-electron chi connectivity index (χ2n) is 6.34. The minimum Gasteiger partial charge on any atom is -0.300 e. The molecule has 2 aromatic heterocycles. The summed E-state index contributed by atoms with van der Waals surface area (Å²) in [6.07, 6.45) is 1.89. The Morgan fingerprint density at radius 2 is 1.79 bits per heavy atom. The molecule has 3 heterocycles. The summed E-state index contributed by atoms with van der Waals surface area (Å²) >= 11 is 2.44. The van der Waals surface area contributed by atoms with Gasteiger partial charge in [0.1, 0.15) is 9.22 Å². The minimum absolute atomic E-state index is 0.0977. The Morgan fingerprint density at radius 1 is 1.04 bits per heavy atom. The zero-order chi connectivity index (χ0) is 19.6. The highest BCUT2D eigenvalue weighted by atomic mass is 32.2. The highest BCUT2D eigenvalue weighted by Crippen LogP contribution is 2.29. The number of nitrogens with zero attached hydrogens (tertiary/aromatic N) is 3. The lowest BCUT2D eigenvalue weighted by atomic mass is 10.2. The Balaban J connectivity index is 1.40. The summed E-state index contributed by atoms with van der Waals surface area (Å²) < 4.78 is 27.0. The van der Waals surface area contributed by atoms with E-state index in [2.05, 4.69) is 15.5 Å². The Bertz CT molecular complexity index is 1070. The first-order valence-corrected chi connectivity index (χ1v) is 11.9. The van der Waals surface area contributed by atoms with Gasteiger partial charge < -0.3 is 5.32 Å². The Labute approximate surface area is 171 Å². The molecule has 7 nitrogen and oxygen atoms in total. The van der Waals surface area contributed by atoms with E-state index in [1.165, 1.54) is 15.6 Å². The van der Waals surface area contributed by atoms with Crippen LogP contribution in [0.2, 0.25) is 0 Å². The van der Waals surface area contributed by atoms with Crippen LogP contribution in [-0.4, -0.2) is 41.9 Å². The number of thiophene rings is 1. The van der Waals surface area contributed by atoms with E-state index in [1.54, 1.807) is 12.1 Å². The van der Waals surface area contributed by atoms with Crippen LogP contribution in [0.25, 0.3) is 10.6 Å². The number of nitrogens with one attached hydrogen (secondary N) is 1. The van der Waals surface area contributed by atoms with Gasteiger partial charge in [0.25, 0.3) is 10.0 Å². The van der Waals surface area contributed by atoms with Gasteiger partial charge in [-0.05, 0) is 25.0 Å². The number of carbonyl (C=O) groups excluding carboxylic acids is 1. The molecule has 146 valence electrons.